The molecule has 1 saturated heterocycles. The van der Waals surface area contributed by atoms with E-state index < -0.39 is 5.60 Å². The molecule has 1 aliphatic carbocycles. The summed E-state index contributed by atoms with van der Waals surface area (Å²) >= 11 is 0. The fraction of sp³-hybridized carbons (Fsp3) is 0.923. The highest BCUT2D eigenvalue weighted by Crippen LogP contribution is 2.40. The van der Waals surface area contributed by atoms with Crippen LogP contribution in [0.2, 0.25) is 0 Å². The summed E-state index contributed by atoms with van der Waals surface area (Å²) in [4.78, 5) is 13.6. The number of carbonyl (C=O) groups is 1. The number of nitrogens with zero attached hydrogens (tertiary/aromatic N) is 1. The molecule has 2 rings (SSSR count). The van der Waals surface area contributed by atoms with E-state index >= 15 is 0 Å². The van der Waals surface area contributed by atoms with Gasteiger partial charge in [0.15, 0.2) is 0 Å². The van der Waals surface area contributed by atoms with Gasteiger partial charge in [0.2, 0.25) is 0 Å². The second-order valence-corrected chi connectivity index (χ2v) is 5.76. The van der Waals surface area contributed by atoms with E-state index in [1.807, 2.05) is 0 Å². The zero-order chi connectivity index (χ0) is 13.2. The molecule has 2 amide bonds. The van der Waals surface area contributed by atoms with Crippen molar-refractivity contribution >= 4 is 6.03 Å². The number of amides is 2. The lowest BCUT2D eigenvalue weighted by Gasteiger charge is -2.37. The van der Waals surface area contributed by atoms with Crippen molar-refractivity contribution in [3.63, 3.8) is 0 Å². The van der Waals surface area contributed by atoms with Crippen LogP contribution in [0.3, 0.4) is 0 Å². The Bertz CT molecular complexity index is 311. The first-order valence-corrected chi connectivity index (χ1v) is 6.94. The van der Waals surface area contributed by atoms with Gasteiger partial charge in [0.25, 0.3) is 0 Å². The summed E-state index contributed by atoms with van der Waals surface area (Å²) in [5.41, 5.74) is -1.11. The number of carbonyl (C=O) groups excluding carboxylic acids is 1. The molecule has 1 aliphatic heterocycles. The number of aliphatic hydroxyl groups is 2. The van der Waals surface area contributed by atoms with Crippen LogP contribution in [-0.4, -0.2) is 53.0 Å². The molecule has 0 radical (unpaired) electrons. The molecule has 1 heterocycles. The topological polar surface area (TPSA) is 72.8 Å². The van der Waals surface area contributed by atoms with E-state index in [-0.39, 0.29) is 19.2 Å². The standard InChI is InChI=1S/C13H24N2O3/c1-2-10-6-11(10)7-14-12(17)15-5-3-4-13(18,8-15)9-16/h10-11,16,18H,2-9H2,1H3,(H,14,17)/t10-,11+,13?/m1/s1. The van der Waals surface area contributed by atoms with Crippen LogP contribution in [0, 0.1) is 11.8 Å². The van der Waals surface area contributed by atoms with E-state index in [0.29, 0.717) is 18.9 Å². The summed E-state index contributed by atoms with van der Waals surface area (Å²) < 4.78 is 0. The SMILES string of the molecule is CC[C@@H]1C[C@H]1CNC(=O)N1CCCC(O)(CO)C1. The minimum absolute atomic E-state index is 0.108. The molecule has 1 unspecified atom stereocenters. The van der Waals surface area contributed by atoms with Gasteiger partial charge in [-0.15, -0.1) is 0 Å². The number of likely N-dealkylation sites (tertiary alicyclic amines) is 1. The van der Waals surface area contributed by atoms with Gasteiger partial charge in [-0.05, 0) is 31.1 Å². The summed E-state index contributed by atoms with van der Waals surface area (Å²) in [6.07, 6.45) is 3.71. The summed E-state index contributed by atoms with van der Waals surface area (Å²) in [5.74, 6) is 1.42. The first-order valence-electron chi connectivity index (χ1n) is 6.94. The Morgan fingerprint density at radius 2 is 2.28 bits per heavy atom. The Labute approximate surface area is 108 Å². The third kappa shape index (κ3) is 3.14. The summed E-state index contributed by atoms with van der Waals surface area (Å²) in [6.45, 7) is 3.54. The summed E-state index contributed by atoms with van der Waals surface area (Å²) in [6, 6.07) is -0.108. The minimum atomic E-state index is -1.11. The highest BCUT2D eigenvalue weighted by molar-refractivity contribution is 5.74. The van der Waals surface area contributed by atoms with E-state index in [2.05, 4.69) is 12.2 Å². The average molecular weight is 256 g/mol. The van der Waals surface area contributed by atoms with Gasteiger partial charge < -0.3 is 20.4 Å². The van der Waals surface area contributed by atoms with Gasteiger partial charge in [-0.3, -0.25) is 0 Å². The molecule has 0 spiro atoms. The Morgan fingerprint density at radius 3 is 2.89 bits per heavy atom. The molecule has 2 aliphatic rings. The van der Waals surface area contributed by atoms with Gasteiger partial charge in [0, 0.05) is 13.1 Å². The number of hydrogen-bond donors (Lipinski definition) is 3. The van der Waals surface area contributed by atoms with Gasteiger partial charge in [0.05, 0.1) is 13.2 Å². The van der Waals surface area contributed by atoms with Gasteiger partial charge in [-0.25, -0.2) is 4.79 Å². The summed E-state index contributed by atoms with van der Waals surface area (Å²) in [7, 11) is 0. The predicted octanol–water partition coefficient (Wildman–Crippen LogP) is 0.561. The molecule has 18 heavy (non-hydrogen) atoms. The lowest BCUT2D eigenvalue weighted by molar-refractivity contribution is -0.0569. The Morgan fingerprint density at radius 1 is 1.50 bits per heavy atom. The van der Waals surface area contributed by atoms with Crippen LogP contribution in [0.1, 0.15) is 32.6 Å². The Balaban J connectivity index is 1.75. The van der Waals surface area contributed by atoms with Gasteiger partial charge in [0.1, 0.15) is 5.60 Å². The largest absolute Gasteiger partial charge is 0.393 e. The Kier molecular flexibility index (Phi) is 4.12. The van der Waals surface area contributed by atoms with Crippen LogP contribution >= 0.6 is 0 Å². The number of rotatable bonds is 4. The normalized spacial score (nSPS) is 35.4. The third-order valence-corrected chi connectivity index (χ3v) is 4.25. The first kappa shape index (κ1) is 13.6. The fourth-order valence-corrected chi connectivity index (χ4v) is 2.81. The van der Waals surface area contributed by atoms with Crippen LogP contribution < -0.4 is 5.32 Å². The number of nitrogens with one attached hydrogen (secondary N) is 1. The summed E-state index contributed by atoms with van der Waals surface area (Å²) in [5, 5.41) is 22.1. The zero-order valence-corrected chi connectivity index (χ0v) is 11.1. The second-order valence-electron chi connectivity index (χ2n) is 5.76. The molecule has 3 N–H and O–H groups in total. The number of hydrogen-bond acceptors (Lipinski definition) is 3. The van der Waals surface area contributed by atoms with Crippen LogP contribution in [0.4, 0.5) is 4.79 Å². The minimum Gasteiger partial charge on any atom is -0.393 e. The molecule has 0 aromatic carbocycles. The maximum Gasteiger partial charge on any atom is 0.317 e. The average Bonchev–Trinajstić information content (AvgIpc) is 3.14. The Hall–Kier alpha value is -0.810. The third-order valence-electron chi connectivity index (χ3n) is 4.25. The van der Waals surface area contributed by atoms with Crippen LogP contribution in [0.25, 0.3) is 0 Å². The lowest BCUT2D eigenvalue weighted by atomic mass is 9.94. The maximum absolute atomic E-state index is 12.0. The van der Waals surface area contributed by atoms with Crippen LogP contribution in [-0.2, 0) is 0 Å². The molecular formula is C13H24N2O3. The van der Waals surface area contributed by atoms with Crippen LogP contribution in [0.15, 0.2) is 0 Å². The number of piperidine rings is 1. The molecule has 1 saturated carbocycles. The van der Waals surface area contributed by atoms with Crippen molar-refractivity contribution in [2.75, 3.05) is 26.2 Å². The van der Waals surface area contributed by atoms with Crippen molar-refractivity contribution in [3.05, 3.63) is 0 Å². The van der Waals surface area contributed by atoms with Crippen molar-refractivity contribution in [3.8, 4) is 0 Å². The number of urea groups is 1. The second kappa shape index (κ2) is 5.45. The van der Waals surface area contributed by atoms with E-state index in [9.17, 15) is 9.90 Å². The molecule has 3 atom stereocenters. The molecule has 5 nitrogen and oxygen atoms in total. The maximum atomic E-state index is 12.0. The van der Waals surface area contributed by atoms with Crippen molar-refractivity contribution in [2.24, 2.45) is 11.8 Å². The monoisotopic (exact) mass is 256 g/mol. The first-order chi connectivity index (χ1) is 8.58. The molecule has 104 valence electrons. The number of β-amino-alcohol motifs (C(OH)–C–C–N with tert-alkyl or cyclic N) is 1. The number of aliphatic hydroxyl groups excluding tert-OH is 1. The zero-order valence-electron chi connectivity index (χ0n) is 11.1. The van der Waals surface area contributed by atoms with Gasteiger partial charge >= 0.3 is 6.03 Å². The molecule has 5 heteroatoms. The molecule has 2 fully saturated rings. The lowest BCUT2D eigenvalue weighted by Crippen LogP contribution is -2.54. The molecule has 0 bridgehead atoms. The van der Waals surface area contributed by atoms with Crippen LogP contribution in [0.5, 0.6) is 0 Å². The van der Waals surface area contributed by atoms with Crippen molar-refractivity contribution in [1.82, 2.24) is 10.2 Å². The van der Waals surface area contributed by atoms with E-state index in [1.54, 1.807) is 4.90 Å². The van der Waals surface area contributed by atoms with E-state index in [1.165, 1.54) is 12.8 Å². The molecule has 0 aromatic rings. The van der Waals surface area contributed by atoms with Crippen molar-refractivity contribution < 1.29 is 15.0 Å². The highest BCUT2D eigenvalue weighted by atomic mass is 16.3. The smallest absolute Gasteiger partial charge is 0.317 e. The predicted molar refractivity (Wildman–Crippen MR) is 68.1 cm³/mol. The quantitative estimate of drug-likeness (QED) is 0.688. The van der Waals surface area contributed by atoms with Crippen molar-refractivity contribution in [1.29, 1.82) is 0 Å². The highest BCUT2D eigenvalue weighted by Gasteiger charge is 2.37. The molecular weight excluding hydrogens is 232 g/mol. The van der Waals surface area contributed by atoms with Gasteiger partial charge in [-0.2, -0.15) is 0 Å². The van der Waals surface area contributed by atoms with E-state index in [0.717, 1.165) is 18.9 Å². The van der Waals surface area contributed by atoms with Gasteiger partial charge in [-0.1, -0.05) is 13.3 Å². The fourth-order valence-electron chi connectivity index (χ4n) is 2.81. The molecule has 0 aromatic heterocycles. The van der Waals surface area contributed by atoms with Crippen molar-refractivity contribution in [2.45, 2.75) is 38.2 Å². The van der Waals surface area contributed by atoms with E-state index in [4.69, 9.17) is 5.11 Å².